The Morgan fingerprint density at radius 2 is 0.846 bits per heavy atom. The van der Waals surface area contributed by atoms with E-state index >= 15 is 0 Å². The molecule has 0 heterocycles. The van der Waals surface area contributed by atoms with Gasteiger partial charge in [0.25, 0.3) is 0 Å². The Kier molecular flexibility index (Phi) is 5.00. The molecular formula is C14H6F10N2. The molecule has 0 aromatic heterocycles. The van der Waals surface area contributed by atoms with Gasteiger partial charge in [-0.3, -0.25) is 0 Å². The Balaban J connectivity index is 4.31. The van der Waals surface area contributed by atoms with Gasteiger partial charge in [-0.05, 0) is 13.8 Å². The van der Waals surface area contributed by atoms with Gasteiger partial charge in [0.05, 0.1) is 0 Å². The summed E-state index contributed by atoms with van der Waals surface area (Å²) in [6.45, 7) is -0.929. The normalized spacial score (nSPS) is 17.0. The molecule has 26 heavy (non-hydrogen) atoms. The summed E-state index contributed by atoms with van der Waals surface area (Å²) in [5.41, 5.74) is -19.0. The zero-order chi connectivity index (χ0) is 20.9. The summed E-state index contributed by atoms with van der Waals surface area (Å²) >= 11 is 0. The zero-order valence-corrected chi connectivity index (χ0v) is 12.7. The molecule has 142 valence electrons. The average Bonchev–Trinajstić information content (AvgIpc) is 2.45. The number of nitriles is 2. The van der Waals surface area contributed by atoms with Gasteiger partial charge < -0.3 is 0 Å². The minimum atomic E-state index is -6.10. The minimum absolute atomic E-state index is 0.464. The molecule has 1 aromatic carbocycles. The van der Waals surface area contributed by atoms with Crippen molar-refractivity contribution in [2.45, 2.75) is 37.5 Å². The molecule has 0 bridgehead atoms. The van der Waals surface area contributed by atoms with Crippen LogP contribution in [0.3, 0.4) is 0 Å². The number of benzene rings is 1. The summed E-state index contributed by atoms with van der Waals surface area (Å²) in [7, 11) is 0. The maximum atomic E-state index is 14.3. The van der Waals surface area contributed by atoms with Crippen molar-refractivity contribution in [3.05, 3.63) is 33.9 Å². The van der Waals surface area contributed by atoms with E-state index in [1.165, 1.54) is 0 Å². The molecule has 0 aliphatic heterocycles. The summed E-state index contributed by atoms with van der Waals surface area (Å²) in [5, 5.41) is 17.3. The molecule has 1 rings (SSSR count). The fourth-order valence-corrected chi connectivity index (χ4v) is 2.06. The van der Waals surface area contributed by atoms with Crippen LogP contribution in [0.25, 0.3) is 0 Å². The van der Waals surface area contributed by atoms with Crippen LogP contribution < -0.4 is 0 Å². The highest BCUT2D eigenvalue weighted by atomic mass is 19.4. The number of alkyl halides is 8. The maximum absolute atomic E-state index is 14.3. The summed E-state index contributed by atoms with van der Waals surface area (Å²) in [6.07, 6.45) is -12.2. The number of rotatable bonds is 2. The lowest BCUT2D eigenvalue weighted by Gasteiger charge is -2.33. The quantitative estimate of drug-likeness (QED) is 0.650. The highest BCUT2D eigenvalue weighted by Gasteiger charge is 2.63. The number of nitrogens with zero attached hydrogens (tertiary/aromatic N) is 2. The monoisotopic (exact) mass is 392 g/mol. The van der Waals surface area contributed by atoms with Gasteiger partial charge in [-0.2, -0.15) is 36.9 Å². The highest BCUT2D eigenvalue weighted by Crippen LogP contribution is 2.52. The van der Waals surface area contributed by atoms with E-state index in [1.54, 1.807) is 0 Å². The van der Waals surface area contributed by atoms with Crippen LogP contribution in [0.5, 0.6) is 0 Å². The second-order valence-electron chi connectivity index (χ2n) is 5.35. The van der Waals surface area contributed by atoms with Crippen molar-refractivity contribution in [3.63, 3.8) is 0 Å². The molecule has 0 saturated heterocycles. The SMILES string of the molecule is CC(F)(c1c(F)c(C#N)c(C#N)c(F)c1C(C)(F)C(F)(F)F)C(F)(F)F. The van der Waals surface area contributed by atoms with Crippen LogP contribution in [-0.4, -0.2) is 12.4 Å². The standard InChI is InChI=1S/C14H6F10N2/c1-11(17,13(19,20)21)7-8(12(2,18)14(22,23)24)10(16)6(4-26)5(3-25)9(7)15/h1-2H3. The molecule has 0 spiro atoms. The molecule has 0 aliphatic rings. The molecular weight excluding hydrogens is 386 g/mol. The first-order valence-corrected chi connectivity index (χ1v) is 6.34. The molecule has 0 amide bonds. The van der Waals surface area contributed by atoms with Crippen molar-refractivity contribution in [1.82, 2.24) is 0 Å². The van der Waals surface area contributed by atoms with E-state index in [-0.39, 0.29) is 0 Å². The van der Waals surface area contributed by atoms with Gasteiger partial charge in [-0.15, -0.1) is 0 Å². The molecule has 2 unspecified atom stereocenters. The van der Waals surface area contributed by atoms with Crippen LogP contribution >= 0.6 is 0 Å². The molecule has 1 aromatic rings. The first kappa shape index (κ1) is 21.5. The lowest BCUT2D eigenvalue weighted by Crippen LogP contribution is -2.43. The molecule has 0 radical (unpaired) electrons. The third-order valence-electron chi connectivity index (χ3n) is 3.61. The van der Waals surface area contributed by atoms with E-state index in [4.69, 9.17) is 10.5 Å². The number of hydrogen-bond acceptors (Lipinski definition) is 2. The van der Waals surface area contributed by atoms with E-state index in [1.807, 2.05) is 0 Å². The third-order valence-corrected chi connectivity index (χ3v) is 3.61. The van der Waals surface area contributed by atoms with Crippen molar-refractivity contribution in [2.24, 2.45) is 0 Å². The van der Waals surface area contributed by atoms with Crippen molar-refractivity contribution in [2.75, 3.05) is 0 Å². The lowest BCUT2D eigenvalue weighted by molar-refractivity contribution is -0.240. The van der Waals surface area contributed by atoms with Crippen molar-refractivity contribution >= 4 is 0 Å². The molecule has 12 heteroatoms. The number of hydrogen-bond donors (Lipinski definition) is 0. The van der Waals surface area contributed by atoms with E-state index in [0.717, 1.165) is 12.1 Å². The molecule has 2 nitrogen and oxygen atoms in total. The van der Waals surface area contributed by atoms with Gasteiger partial charge in [0.1, 0.15) is 34.9 Å². The van der Waals surface area contributed by atoms with Crippen LogP contribution in [0.15, 0.2) is 0 Å². The van der Waals surface area contributed by atoms with Gasteiger partial charge in [-0.1, -0.05) is 0 Å². The zero-order valence-electron chi connectivity index (χ0n) is 12.7. The van der Waals surface area contributed by atoms with E-state index in [2.05, 4.69) is 0 Å². The smallest absolute Gasteiger partial charge is 0.229 e. The van der Waals surface area contributed by atoms with Crippen LogP contribution in [-0.2, 0) is 11.3 Å². The van der Waals surface area contributed by atoms with E-state index < -0.39 is 71.4 Å². The predicted molar refractivity (Wildman–Crippen MR) is 64.8 cm³/mol. The Hall–Kier alpha value is -2.50. The predicted octanol–water partition coefficient (Wildman–Crippen LogP) is 5.20. The van der Waals surface area contributed by atoms with Gasteiger partial charge in [0, 0.05) is 11.1 Å². The minimum Gasteiger partial charge on any atom is -0.229 e. The molecule has 0 N–H and O–H groups in total. The van der Waals surface area contributed by atoms with E-state index in [9.17, 15) is 43.9 Å². The first-order chi connectivity index (χ1) is 11.5. The summed E-state index contributed by atoms with van der Waals surface area (Å²) in [6, 6.07) is 1.52. The summed E-state index contributed by atoms with van der Waals surface area (Å²) < 4.78 is 134. The van der Waals surface area contributed by atoms with Crippen LogP contribution in [0.2, 0.25) is 0 Å². The average molecular weight is 392 g/mol. The molecule has 2 atom stereocenters. The second-order valence-corrected chi connectivity index (χ2v) is 5.35. The molecule has 0 fully saturated rings. The maximum Gasteiger partial charge on any atom is 0.426 e. The topological polar surface area (TPSA) is 47.6 Å². The van der Waals surface area contributed by atoms with Crippen molar-refractivity contribution in [3.8, 4) is 12.1 Å². The van der Waals surface area contributed by atoms with Crippen molar-refractivity contribution in [1.29, 1.82) is 10.5 Å². The molecule has 0 aliphatic carbocycles. The Bertz CT molecular complexity index is 750. The van der Waals surface area contributed by atoms with Gasteiger partial charge in [0.2, 0.25) is 11.3 Å². The van der Waals surface area contributed by atoms with Gasteiger partial charge in [0.15, 0.2) is 0 Å². The van der Waals surface area contributed by atoms with Crippen LogP contribution in [0, 0.1) is 34.3 Å². The summed E-state index contributed by atoms with van der Waals surface area (Å²) in [5.74, 6) is -5.23. The number of halogens is 10. The van der Waals surface area contributed by atoms with Gasteiger partial charge >= 0.3 is 12.4 Å². The van der Waals surface area contributed by atoms with Crippen molar-refractivity contribution < 1.29 is 43.9 Å². The fourth-order valence-electron chi connectivity index (χ4n) is 2.06. The second kappa shape index (κ2) is 6.04. The van der Waals surface area contributed by atoms with Crippen LogP contribution in [0.1, 0.15) is 36.1 Å². The Labute approximate surface area is 139 Å². The van der Waals surface area contributed by atoms with Crippen LogP contribution in [0.4, 0.5) is 43.9 Å². The Morgan fingerprint density at radius 3 is 1.00 bits per heavy atom. The van der Waals surface area contributed by atoms with E-state index in [0.29, 0.717) is 0 Å². The largest absolute Gasteiger partial charge is 0.426 e. The first-order valence-electron chi connectivity index (χ1n) is 6.34. The third kappa shape index (κ3) is 2.93. The molecule has 0 saturated carbocycles. The fraction of sp³-hybridized carbons (Fsp3) is 0.429. The lowest BCUT2D eigenvalue weighted by atomic mass is 9.81. The van der Waals surface area contributed by atoms with Gasteiger partial charge in [-0.25, -0.2) is 17.6 Å². The summed E-state index contributed by atoms with van der Waals surface area (Å²) in [4.78, 5) is 0. The Morgan fingerprint density at radius 1 is 0.615 bits per heavy atom. The highest BCUT2D eigenvalue weighted by molar-refractivity contribution is 5.56.